The van der Waals surface area contributed by atoms with Crippen molar-refractivity contribution < 1.29 is 57.0 Å². The van der Waals surface area contributed by atoms with Crippen LogP contribution in [0.5, 0.6) is 0 Å². The minimum Gasteiger partial charge on any atom is -0.554 e. The van der Waals surface area contributed by atoms with E-state index in [4.69, 9.17) is 20.1 Å². The van der Waals surface area contributed by atoms with Gasteiger partial charge >= 0.3 is 0 Å². The van der Waals surface area contributed by atoms with Crippen LogP contribution in [0.3, 0.4) is 0 Å². The minimum atomic E-state index is -2.44. The van der Waals surface area contributed by atoms with Crippen molar-refractivity contribution >= 4 is 18.4 Å². The van der Waals surface area contributed by atoms with Gasteiger partial charge in [-0.15, -0.1) is 0 Å². The summed E-state index contributed by atoms with van der Waals surface area (Å²) >= 11 is 0. The van der Waals surface area contributed by atoms with Gasteiger partial charge in [0.2, 0.25) is 0 Å². The van der Waals surface area contributed by atoms with Gasteiger partial charge in [0.05, 0.1) is 11.9 Å². The quantitative estimate of drug-likeness (QED) is 0.372. The molecule has 2 N–H and O–H groups in total. The summed E-state index contributed by atoms with van der Waals surface area (Å²) in [5.41, 5.74) is 0. The van der Waals surface area contributed by atoms with Crippen molar-refractivity contribution in [3.05, 3.63) is 0 Å². The van der Waals surface area contributed by atoms with Gasteiger partial charge in [0.25, 0.3) is 0 Å². The number of aliphatic hydroxyl groups is 2. The summed E-state index contributed by atoms with van der Waals surface area (Å²) in [4.78, 5) is 27.5. The Kier molecular flexibility index (Phi) is 13.2. The second-order valence-electron chi connectivity index (χ2n) is 1.62. The molecule has 0 saturated heterocycles. The van der Waals surface area contributed by atoms with Crippen LogP contribution in [0.1, 0.15) is 0 Å². The molecule has 0 heterocycles. The molecule has 0 aliphatic heterocycles. The molecular formula is C5H5CuO8-3. The van der Waals surface area contributed by atoms with Gasteiger partial charge in [-0.2, -0.15) is 0 Å². The van der Waals surface area contributed by atoms with Crippen LogP contribution in [-0.4, -0.2) is 40.8 Å². The van der Waals surface area contributed by atoms with Crippen LogP contribution in [0, 0.1) is 0 Å². The van der Waals surface area contributed by atoms with Gasteiger partial charge in [-0.05, 0) is 0 Å². The van der Waals surface area contributed by atoms with Crippen molar-refractivity contribution in [1.29, 1.82) is 0 Å². The van der Waals surface area contributed by atoms with Crippen LogP contribution in [0.4, 0.5) is 0 Å². The van der Waals surface area contributed by atoms with E-state index in [9.17, 15) is 19.8 Å². The maximum Gasteiger partial charge on any atom is 0.124 e. The fourth-order valence-electron chi connectivity index (χ4n) is 0.258. The molecule has 0 saturated carbocycles. The normalized spacial score (nSPS) is 12.1. The predicted molar refractivity (Wildman–Crippen MR) is 28.1 cm³/mol. The van der Waals surface area contributed by atoms with E-state index in [1.807, 2.05) is 0 Å². The summed E-state index contributed by atoms with van der Waals surface area (Å²) < 4.78 is 0. The first kappa shape index (κ1) is 18.6. The molecule has 14 heavy (non-hydrogen) atoms. The predicted octanol–water partition coefficient (Wildman–Crippen LogP) is -6.43. The first-order chi connectivity index (χ1) is 5.88. The largest absolute Gasteiger partial charge is 0.554 e. The summed E-state index contributed by atoms with van der Waals surface area (Å²) in [7, 11) is 0. The Hall–Kier alpha value is -1.15. The summed E-state index contributed by atoms with van der Waals surface area (Å²) in [6, 6.07) is 0. The third-order valence-electron chi connectivity index (χ3n) is 0.782. The average Bonchev–Trinajstić information content (AvgIpc) is 2.03. The molecule has 0 fully saturated rings. The average molecular weight is 257 g/mol. The molecule has 0 aromatic rings. The van der Waals surface area contributed by atoms with Crippen LogP contribution < -0.4 is 15.3 Å². The number of aliphatic hydroxyl groups excluding tert-OH is 2. The van der Waals surface area contributed by atoms with E-state index in [-0.39, 0.29) is 17.1 Å². The van der Waals surface area contributed by atoms with Gasteiger partial charge in [0.15, 0.2) is 0 Å². The molecule has 0 rings (SSSR count). The SMILES string of the molecule is O=C([O-])C(O)C(O)C(=O)[O-].O=C[O-].[Cu]. The van der Waals surface area contributed by atoms with E-state index >= 15 is 0 Å². The Morgan fingerprint density at radius 3 is 1.29 bits per heavy atom. The van der Waals surface area contributed by atoms with E-state index in [0.29, 0.717) is 0 Å². The topological polar surface area (TPSA) is 161 Å². The number of hydrogen-bond donors (Lipinski definition) is 2. The zero-order valence-electron chi connectivity index (χ0n) is 6.38. The maximum absolute atomic E-state index is 9.63. The molecule has 2 unspecified atom stereocenters. The van der Waals surface area contributed by atoms with Crippen molar-refractivity contribution in [2.75, 3.05) is 0 Å². The number of aliphatic carboxylic acids is 2. The van der Waals surface area contributed by atoms with E-state index in [1.165, 1.54) is 0 Å². The first-order valence-corrected chi connectivity index (χ1v) is 2.71. The zero-order valence-corrected chi connectivity index (χ0v) is 7.32. The first-order valence-electron chi connectivity index (χ1n) is 2.71. The number of carboxylic acid groups (broad SMARTS) is 3. The number of rotatable bonds is 3. The molecule has 0 spiro atoms. The number of carbonyl (C=O) groups is 3. The molecule has 1 radical (unpaired) electrons. The van der Waals surface area contributed by atoms with Gasteiger partial charge in [-0.25, -0.2) is 0 Å². The molecule has 0 bridgehead atoms. The molecule has 0 aromatic carbocycles. The monoisotopic (exact) mass is 256 g/mol. The van der Waals surface area contributed by atoms with Crippen LogP contribution in [-0.2, 0) is 31.5 Å². The number of hydrogen-bond acceptors (Lipinski definition) is 8. The van der Waals surface area contributed by atoms with Gasteiger partial charge in [0, 0.05) is 23.5 Å². The molecular weight excluding hydrogens is 252 g/mol. The fraction of sp³-hybridized carbons (Fsp3) is 0.400. The smallest absolute Gasteiger partial charge is 0.124 e. The van der Waals surface area contributed by atoms with Crippen molar-refractivity contribution in [3.63, 3.8) is 0 Å². The summed E-state index contributed by atoms with van der Waals surface area (Å²) in [5, 5.41) is 44.0. The van der Waals surface area contributed by atoms with Crippen molar-refractivity contribution in [2.45, 2.75) is 12.2 Å². The molecule has 0 amide bonds. The molecule has 0 aliphatic carbocycles. The van der Waals surface area contributed by atoms with Crippen molar-refractivity contribution in [2.24, 2.45) is 0 Å². The zero-order chi connectivity index (χ0) is 11.0. The van der Waals surface area contributed by atoms with E-state index in [1.54, 1.807) is 0 Å². The third-order valence-corrected chi connectivity index (χ3v) is 0.782. The van der Waals surface area contributed by atoms with Crippen molar-refractivity contribution in [3.8, 4) is 0 Å². The van der Waals surface area contributed by atoms with E-state index < -0.39 is 30.6 Å². The molecule has 2 atom stereocenters. The third kappa shape index (κ3) is 8.94. The Morgan fingerprint density at radius 2 is 1.21 bits per heavy atom. The molecule has 87 valence electrons. The molecule has 0 aromatic heterocycles. The Labute approximate surface area is 88.3 Å². The number of carboxylic acids is 2. The van der Waals surface area contributed by atoms with Crippen molar-refractivity contribution in [1.82, 2.24) is 0 Å². The molecule has 9 heteroatoms. The Morgan fingerprint density at radius 1 is 1.07 bits per heavy atom. The maximum atomic E-state index is 9.63. The second-order valence-corrected chi connectivity index (χ2v) is 1.62. The van der Waals surface area contributed by atoms with Gasteiger partial charge in [0.1, 0.15) is 12.2 Å². The van der Waals surface area contributed by atoms with Crippen LogP contribution in [0.2, 0.25) is 0 Å². The number of carbonyl (C=O) groups excluding carboxylic acids is 3. The van der Waals surface area contributed by atoms with Gasteiger partial charge < -0.3 is 39.9 Å². The molecule has 0 aliphatic rings. The summed E-state index contributed by atoms with van der Waals surface area (Å²) in [6.45, 7) is -0.500. The van der Waals surface area contributed by atoms with E-state index in [0.717, 1.165) is 0 Å². The van der Waals surface area contributed by atoms with Crippen LogP contribution in [0.25, 0.3) is 0 Å². The minimum absolute atomic E-state index is 0. The fourth-order valence-corrected chi connectivity index (χ4v) is 0.258. The Bertz CT molecular complexity index is 174. The van der Waals surface area contributed by atoms with E-state index in [2.05, 4.69) is 0 Å². The standard InChI is InChI=1S/C4H6O6.CH2O2.Cu/c5-1(3(7)8)2(6)4(9)10;2-1-3;/h1-2,5-6H,(H,7,8)(H,9,10);1H,(H,2,3);/p-3. The van der Waals surface area contributed by atoms with Gasteiger partial charge in [-0.1, -0.05) is 0 Å². The van der Waals surface area contributed by atoms with Crippen LogP contribution in [0.15, 0.2) is 0 Å². The molecule has 8 nitrogen and oxygen atoms in total. The van der Waals surface area contributed by atoms with Gasteiger partial charge in [-0.3, -0.25) is 0 Å². The summed E-state index contributed by atoms with van der Waals surface area (Å²) in [6.07, 6.45) is -4.88. The second kappa shape index (κ2) is 9.93. The summed E-state index contributed by atoms with van der Waals surface area (Å²) in [5.74, 6) is -4.12. The van der Waals surface area contributed by atoms with Crippen LogP contribution >= 0.6 is 0 Å². The Balaban J connectivity index is -0.000000267.